The Morgan fingerprint density at radius 1 is 1.53 bits per heavy atom. The molecule has 1 heterocycles. The van der Waals surface area contributed by atoms with Gasteiger partial charge in [-0.1, -0.05) is 0 Å². The first-order valence-corrected chi connectivity index (χ1v) is 5.63. The maximum absolute atomic E-state index is 11.6. The van der Waals surface area contributed by atoms with E-state index in [-0.39, 0.29) is 18.4 Å². The van der Waals surface area contributed by atoms with E-state index in [2.05, 4.69) is 20.9 Å². The Morgan fingerprint density at radius 2 is 2.12 bits per heavy atom. The lowest BCUT2D eigenvalue weighted by molar-refractivity contribution is -0.152. The van der Waals surface area contributed by atoms with E-state index in [4.69, 9.17) is 10.5 Å². The second-order valence-electron chi connectivity index (χ2n) is 4.13. The van der Waals surface area contributed by atoms with Gasteiger partial charge in [-0.15, -0.1) is 12.4 Å². The third kappa shape index (κ3) is 3.66. The molecule has 0 aromatic carbocycles. The van der Waals surface area contributed by atoms with Crippen LogP contribution in [0.5, 0.6) is 0 Å². The van der Waals surface area contributed by atoms with Crippen LogP contribution in [0.25, 0.3) is 0 Å². The molecular formula is C11H16BrClN2O2. The number of halogens is 2. The predicted octanol–water partition coefficient (Wildman–Crippen LogP) is 2.46. The molecule has 1 aromatic rings. The molecule has 0 bridgehead atoms. The first kappa shape index (κ1) is 16.4. The average Bonchev–Trinajstić information content (AvgIpc) is 2.26. The van der Waals surface area contributed by atoms with Crippen molar-refractivity contribution in [1.82, 2.24) is 4.98 Å². The van der Waals surface area contributed by atoms with Crippen LogP contribution in [-0.4, -0.2) is 18.1 Å². The summed E-state index contributed by atoms with van der Waals surface area (Å²) >= 11 is 3.32. The summed E-state index contributed by atoms with van der Waals surface area (Å²) < 4.78 is 5.57. The number of pyridine rings is 1. The molecule has 6 heteroatoms. The molecule has 0 aliphatic heterocycles. The lowest BCUT2D eigenvalue weighted by Crippen LogP contribution is -2.37. The Kier molecular flexibility index (Phi) is 6.09. The summed E-state index contributed by atoms with van der Waals surface area (Å²) in [6.45, 7) is 3.51. The van der Waals surface area contributed by atoms with E-state index >= 15 is 0 Å². The van der Waals surface area contributed by atoms with Crippen LogP contribution in [0.4, 0.5) is 0 Å². The number of hydrogen-bond donors (Lipinski definition) is 1. The standard InChI is InChI=1S/C11H15BrN2O2.ClH/c1-11(2,10(15)16-3)9(13)7-4-8(12)6-14-5-7;/h4-6,9H,13H2,1-3H3;1H/t9-;/m0./s1. The van der Waals surface area contributed by atoms with Gasteiger partial charge in [-0.25, -0.2) is 0 Å². The smallest absolute Gasteiger partial charge is 0.313 e. The zero-order valence-electron chi connectivity index (χ0n) is 9.94. The van der Waals surface area contributed by atoms with Gasteiger partial charge >= 0.3 is 5.97 Å². The van der Waals surface area contributed by atoms with Gasteiger partial charge in [0, 0.05) is 22.9 Å². The molecule has 0 amide bonds. The largest absolute Gasteiger partial charge is 0.469 e. The highest BCUT2D eigenvalue weighted by Crippen LogP contribution is 2.32. The van der Waals surface area contributed by atoms with Crippen LogP contribution >= 0.6 is 28.3 Å². The fraction of sp³-hybridized carbons (Fsp3) is 0.455. The van der Waals surface area contributed by atoms with Crippen LogP contribution in [-0.2, 0) is 9.53 Å². The van der Waals surface area contributed by atoms with Gasteiger partial charge < -0.3 is 10.5 Å². The lowest BCUT2D eigenvalue weighted by atomic mass is 9.81. The Hall–Kier alpha value is -0.650. The highest BCUT2D eigenvalue weighted by Gasteiger charge is 2.36. The third-order valence-corrected chi connectivity index (χ3v) is 3.01. The summed E-state index contributed by atoms with van der Waals surface area (Å²) in [7, 11) is 1.36. The lowest BCUT2D eigenvalue weighted by Gasteiger charge is -2.28. The van der Waals surface area contributed by atoms with E-state index in [1.54, 1.807) is 26.2 Å². The van der Waals surface area contributed by atoms with Gasteiger partial charge in [-0.2, -0.15) is 0 Å². The Balaban J connectivity index is 0.00000256. The highest BCUT2D eigenvalue weighted by molar-refractivity contribution is 9.10. The van der Waals surface area contributed by atoms with Gasteiger partial charge in [0.25, 0.3) is 0 Å². The fourth-order valence-electron chi connectivity index (χ4n) is 1.41. The minimum atomic E-state index is -0.781. The Bertz CT molecular complexity index is 399. The van der Waals surface area contributed by atoms with E-state index in [0.717, 1.165) is 10.0 Å². The van der Waals surface area contributed by atoms with E-state index < -0.39 is 11.5 Å². The number of hydrogen-bond acceptors (Lipinski definition) is 4. The summed E-state index contributed by atoms with van der Waals surface area (Å²) in [6.07, 6.45) is 3.32. The fourth-order valence-corrected chi connectivity index (χ4v) is 1.79. The molecular weight excluding hydrogens is 307 g/mol. The Morgan fingerprint density at radius 3 is 2.59 bits per heavy atom. The molecule has 0 unspecified atom stereocenters. The van der Waals surface area contributed by atoms with Crippen LogP contribution in [0.1, 0.15) is 25.5 Å². The molecule has 0 saturated heterocycles. The molecule has 0 saturated carbocycles. The number of ether oxygens (including phenoxy) is 1. The van der Waals surface area contributed by atoms with E-state index in [1.807, 2.05) is 6.07 Å². The molecule has 0 aliphatic carbocycles. The van der Waals surface area contributed by atoms with Crippen molar-refractivity contribution >= 4 is 34.3 Å². The second kappa shape index (κ2) is 6.33. The van der Waals surface area contributed by atoms with Crippen molar-refractivity contribution in [2.45, 2.75) is 19.9 Å². The van der Waals surface area contributed by atoms with Crippen LogP contribution in [0.3, 0.4) is 0 Å². The van der Waals surface area contributed by atoms with Crippen LogP contribution < -0.4 is 5.73 Å². The van der Waals surface area contributed by atoms with Crippen molar-refractivity contribution in [3.8, 4) is 0 Å². The SMILES string of the molecule is COC(=O)C(C)(C)[C@@H](N)c1cncc(Br)c1.Cl. The predicted molar refractivity (Wildman–Crippen MR) is 71.9 cm³/mol. The number of carbonyl (C=O) groups excluding carboxylic acids is 1. The number of aromatic nitrogens is 1. The molecule has 0 aliphatic rings. The molecule has 96 valence electrons. The van der Waals surface area contributed by atoms with Gasteiger partial charge in [0.05, 0.1) is 12.5 Å². The summed E-state index contributed by atoms with van der Waals surface area (Å²) in [6, 6.07) is 1.40. The number of nitrogens with two attached hydrogens (primary N) is 1. The van der Waals surface area contributed by atoms with Crippen molar-refractivity contribution < 1.29 is 9.53 Å². The topological polar surface area (TPSA) is 65.2 Å². The third-order valence-electron chi connectivity index (χ3n) is 2.57. The zero-order valence-corrected chi connectivity index (χ0v) is 12.3. The summed E-state index contributed by atoms with van der Waals surface area (Å²) in [5.74, 6) is -0.333. The number of nitrogens with zero attached hydrogens (tertiary/aromatic N) is 1. The van der Waals surface area contributed by atoms with E-state index in [9.17, 15) is 4.79 Å². The molecule has 0 fully saturated rings. The molecule has 17 heavy (non-hydrogen) atoms. The molecule has 0 radical (unpaired) electrons. The molecule has 1 aromatic heterocycles. The first-order chi connectivity index (χ1) is 7.39. The number of rotatable bonds is 3. The summed E-state index contributed by atoms with van der Waals surface area (Å²) in [5, 5.41) is 0. The van der Waals surface area contributed by atoms with Crippen molar-refractivity contribution in [2.75, 3.05) is 7.11 Å². The maximum Gasteiger partial charge on any atom is 0.313 e. The second-order valence-corrected chi connectivity index (χ2v) is 5.04. The molecule has 2 N–H and O–H groups in total. The van der Waals surface area contributed by atoms with Crippen molar-refractivity contribution in [3.05, 3.63) is 28.5 Å². The van der Waals surface area contributed by atoms with E-state index in [0.29, 0.717) is 0 Å². The molecule has 4 nitrogen and oxygen atoms in total. The minimum absolute atomic E-state index is 0. The van der Waals surface area contributed by atoms with Crippen molar-refractivity contribution in [3.63, 3.8) is 0 Å². The maximum atomic E-state index is 11.6. The Labute approximate surface area is 115 Å². The van der Waals surface area contributed by atoms with Crippen LogP contribution in [0.15, 0.2) is 22.9 Å². The molecule has 1 atom stereocenters. The number of methoxy groups -OCH3 is 1. The van der Waals surface area contributed by atoms with Crippen molar-refractivity contribution in [2.24, 2.45) is 11.1 Å². The number of esters is 1. The zero-order chi connectivity index (χ0) is 12.3. The van der Waals surface area contributed by atoms with Crippen molar-refractivity contribution in [1.29, 1.82) is 0 Å². The molecule has 0 spiro atoms. The average molecular weight is 324 g/mol. The van der Waals surface area contributed by atoms with Crippen LogP contribution in [0, 0.1) is 5.41 Å². The summed E-state index contributed by atoms with van der Waals surface area (Å²) in [4.78, 5) is 15.6. The number of carbonyl (C=O) groups is 1. The van der Waals surface area contributed by atoms with Gasteiger partial charge in [-0.05, 0) is 41.4 Å². The van der Waals surface area contributed by atoms with Gasteiger partial charge in [0.1, 0.15) is 0 Å². The summed E-state index contributed by atoms with van der Waals surface area (Å²) in [5.41, 5.74) is 6.07. The van der Waals surface area contributed by atoms with E-state index in [1.165, 1.54) is 7.11 Å². The normalized spacial score (nSPS) is 12.5. The van der Waals surface area contributed by atoms with Gasteiger partial charge in [-0.3, -0.25) is 9.78 Å². The first-order valence-electron chi connectivity index (χ1n) is 4.84. The van der Waals surface area contributed by atoms with Gasteiger partial charge in [0.2, 0.25) is 0 Å². The monoisotopic (exact) mass is 322 g/mol. The van der Waals surface area contributed by atoms with Gasteiger partial charge in [0.15, 0.2) is 0 Å². The minimum Gasteiger partial charge on any atom is -0.469 e. The highest BCUT2D eigenvalue weighted by atomic mass is 79.9. The molecule has 1 rings (SSSR count). The quantitative estimate of drug-likeness (QED) is 0.868. The van der Waals surface area contributed by atoms with Crippen LogP contribution in [0.2, 0.25) is 0 Å².